The van der Waals surface area contributed by atoms with Gasteiger partial charge in [-0.2, -0.15) is 0 Å². The van der Waals surface area contributed by atoms with Gasteiger partial charge in [0.25, 0.3) is 0 Å². The number of rotatable bonds is 2. The van der Waals surface area contributed by atoms with Crippen LogP contribution in [0.1, 0.15) is 23.7 Å². The number of ketones is 1. The molecule has 10 heavy (non-hydrogen) atoms. The zero-order valence-corrected chi connectivity index (χ0v) is 7.14. The van der Waals surface area contributed by atoms with E-state index in [0.717, 1.165) is 0 Å². The van der Waals surface area contributed by atoms with Crippen molar-refractivity contribution in [1.82, 2.24) is 0 Å². The Balaban J connectivity index is 2.93. The Hall–Kier alpha value is -0.570. The molecule has 0 aromatic carbocycles. The zero-order chi connectivity index (χ0) is 7.56. The molecule has 0 unspecified atom stereocenters. The van der Waals surface area contributed by atoms with Gasteiger partial charge in [-0.25, -0.2) is 0 Å². The Kier molecular flexibility index (Phi) is 2.27. The summed E-state index contributed by atoms with van der Waals surface area (Å²) in [6.45, 7) is 1.82. The van der Waals surface area contributed by atoms with Gasteiger partial charge in [0.15, 0.2) is 10.5 Å². The van der Waals surface area contributed by atoms with Gasteiger partial charge in [-0.15, -0.1) is 0 Å². The Morgan fingerprint density at radius 1 is 1.80 bits per heavy atom. The van der Waals surface area contributed by atoms with Crippen molar-refractivity contribution in [1.29, 1.82) is 0 Å². The molecule has 2 nitrogen and oxygen atoms in total. The summed E-state index contributed by atoms with van der Waals surface area (Å²) in [5, 5.41) is 0. The molecule has 0 fully saturated rings. The summed E-state index contributed by atoms with van der Waals surface area (Å²) in [7, 11) is 0. The number of halogens is 1. The molecule has 0 amide bonds. The molecule has 1 aromatic heterocycles. The maximum absolute atomic E-state index is 11.0. The lowest BCUT2D eigenvalue weighted by Crippen LogP contribution is -1.93. The molecular weight excluding hydrogens is 196 g/mol. The van der Waals surface area contributed by atoms with Gasteiger partial charge in [-0.05, 0) is 22.0 Å². The SMILES string of the molecule is CCC(=O)c1ccoc1Br. The Bertz CT molecular complexity index is 240. The fourth-order valence-electron chi connectivity index (χ4n) is 0.684. The predicted molar refractivity (Wildman–Crippen MR) is 41.0 cm³/mol. The van der Waals surface area contributed by atoms with Crippen molar-refractivity contribution in [3.63, 3.8) is 0 Å². The molecule has 1 heterocycles. The van der Waals surface area contributed by atoms with Gasteiger partial charge in [0.1, 0.15) is 0 Å². The fraction of sp³-hybridized carbons (Fsp3) is 0.286. The predicted octanol–water partition coefficient (Wildman–Crippen LogP) is 2.63. The highest BCUT2D eigenvalue weighted by Crippen LogP contribution is 2.18. The van der Waals surface area contributed by atoms with E-state index in [9.17, 15) is 4.79 Å². The first-order valence-corrected chi connectivity index (χ1v) is 3.81. The van der Waals surface area contributed by atoms with Crippen molar-refractivity contribution in [3.05, 3.63) is 22.6 Å². The van der Waals surface area contributed by atoms with E-state index in [-0.39, 0.29) is 5.78 Å². The van der Waals surface area contributed by atoms with E-state index in [1.54, 1.807) is 6.07 Å². The van der Waals surface area contributed by atoms with Crippen LogP contribution in [0.3, 0.4) is 0 Å². The number of hydrogen-bond acceptors (Lipinski definition) is 2. The summed E-state index contributed by atoms with van der Waals surface area (Å²) in [4.78, 5) is 11.0. The average Bonchev–Trinajstić information content (AvgIpc) is 2.34. The van der Waals surface area contributed by atoms with E-state index in [0.29, 0.717) is 16.7 Å². The Labute approximate surface area is 67.3 Å². The molecule has 0 spiro atoms. The third-order valence-electron chi connectivity index (χ3n) is 1.24. The molecule has 0 aliphatic heterocycles. The quantitative estimate of drug-likeness (QED) is 0.691. The largest absolute Gasteiger partial charge is 0.457 e. The lowest BCUT2D eigenvalue weighted by molar-refractivity contribution is 0.0986. The van der Waals surface area contributed by atoms with E-state index in [4.69, 9.17) is 4.42 Å². The van der Waals surface area contributed by atoms with Crippen molar-refractivity contribution >= 4 is 21.7 Å². The number of carbonyl (C=O) groups is 1. The van der Waals surface area contributed by atoms with E-state index in [2.05, 4.69) is 15.9 Å². The van der Waals surface area contributed by atoms with E-state index >= 15 is 0 Å². The summed E-state index contributed by atoms with van der Waals surface area (Å²) < 4.78 is 5.41. The first kappa shape index (κ1) is 7.54. The molecule has 0 saturated carbocycles. The highest BCUT2D eigenvalue weighted by molar-refractivity contribution is 9.10. The summed E-state index contributed by atoms with van der Waals surface area (Å²) in [6.07, 6.45) is 2.01. The molecule has 1 aromatic rings. The van der Waals surface area contributed by atoms with Crippen molar-refractivity contribution in [2.24, 2.45) is 0 Å². The maximum atomic E-state index is 11.0. The number of hydrogen-bond donors (Lipinski definition) is 0. The molecule has 3 heteroatoms. The summed E-state index contributed by atoms with van der Waals surface area (Å²) in [6, 6.07) is 1.66. The monoisotopic (exact) mass is 202 g/mol. The second kappa shape index (κ2) is 3.01. The van der Waals surface area contributed by atoms with Crippen LogP contribution in [-0.4, -0.2) is 5.78 Å². The molecule has 0 aliphatic carbocycles. The third-order valence-corrected chi connectivity index (χ3v) is 1.85. The fourth-order valence-corrected chi connectivity index (χ4v) is 1.15. The molecule has 0 saturated heterocycles. The van der Waals surface area contributed by atoms with Crippen LogP contribution in [0.5, 0.6) is 0 Å². The maximum Gasteiger partial charge on any atom is 0.179 e. The number of Topliss-reactive ketones (excluding diaryl/α,β-unsaturated/α-hetero) is 1. The molecule has 0 bridgehead atoms. The second-order valence-electron chi connectivity index (χ2n) is 1.88. The van der Waals surface area contributed by atoms with E-state index in [1.807, 2.05) is 6.92 Å². The van der Waals surface area contributed by atoms with Crippen LogP contribution in [0.2, 0.25) is 0 Å². The molecule has 0 aliphatic rings. The van der Waals surface area contributed by atoms with Crippen molar-refractivity contribution < 1.29 is 9.21 Å². The normalized spacial score (nSPS) is 9.80. The molecule has 0 radical (unpaired) electrons. The van der Waals surface area contributed by atoms with Crippen LogP contribution in [0.4, 0.5) is 0 Å². The number of furan rings is 1. The second-order valence-corrected chi connectivity index (χ2v) is 2.60. The smallest absolute Gasteiger partial charge is 0.179 e. The summed E-state index contributed by atoms with van der Waals surface area (Å²) >= 11 is 3.12. The lowest BCUT2D eigenvalue weighted by Gasteiger charge is -1.89. The van der Waals surface area contributed by atoms with Crippen LogP contribution in [0, 0.1) is 0 Å². The van der Waals surface area contributed by atoms with Gasteiger partial charge in [-0.1, -0.05) is 6.92 Å². The van der Waals surface area contributed by atoms with E-state index < -0.39 is 0 Å². The topological polar surface area (TPSA) is 30.2 Å². The average molecular weight is 203 g/mol. The third kappa shape index (κ3) is 1.29. The van der Waals surface area contributed by atoms with Crippen LogP contribution >= 0.6 is 15.9 Å². The van der Waals surface area contributed by atoms with Gasteiger partial charge < -0.3 is 4.42 Å². The first-order valence-electron chi connectivity index (χ1n) is 3.02. The first-order chi connectivity index (χ1) is 4.75. The standard InChI is InChI=1S/C7H7BrO2/c1-2-6(9)5-3-4-10-7(5)8/h3-4H,2H2,1H3. The van der Waals surface area contributed by atoms with Gasteiger partial charge in [0, 0.05) is 6.42 Å². The van der Waals surface area contributed by atoms with Crippen molar-refractivity contribution in [2.75, 3.05) is 0 Å². The summed E-state index contributed by atoms with van der Waals surface area (Å²) in [5.41, 5.74) is 0.627. The minimum Gasteiger partial charge on any atom is -0.457 e. The van der Waals surface area contributed by atoms with E-state index in [1.165, 1.54) is 6.26 Å². The van der Waals surface area contributed by atoms with Crippen LogP contribution in [0.25, 0.3) is 0 Å². The van der Waals surface area contributed by atoms with Crippen LogP contribution in [0.15, 0.2) is 21.4 Å². The summed E-state index contributed by atoms with van der Waals surface area (Å²) in [5.74, 6) is 0.0978. The highest BCUT2D eigenvalue weighted by atomic mass is 79.9. The van der Waals surface area contributed by atoms with Crippen LogP contribution < -0.4 is 0 Å². The van der Waals surface area contributed by atoms with Crippen molar-refractivity contribution in [3.8, 4) is 0 Å². The molecule has 0 atom stereocenters. The zero-order valence-electron chi connectivity index (χ0n) is 5.56. The van der Waals surface area contributed by atoms with Gasteiger partial charge in [0.2, 0.25) is 0 Å². The van der Waals surface area contributed by atoms with Gasteiger partial charge >= 0.3 is 0 Å². The minimum absolute atomic E-state index is 0.0978. The molecule has 1 rings (SSSR count). The Morgan fingerprint density at radius 3 is 2.90 bits per heavy atom. The lowest BCUT2D eigenvalue weighted by atomic mass is 10.2. The van der Waals surface area contributed by atoms with Crippen LogP contribution in [-0.2, 0) is 0 Å². The minimum atomic E-state index is 0.0978. The van der Waals surface area contributed by atoms with Gasteiger partial charge in [0.05, 0.1) is 11.8 Å². The molecular formula is C7H7BrO2. The van der Waals surface area contributed by atoms with Gasteiger partial charge in [-0.3, -0.25) is 4.79 Å². The molecule has 0 N–H and O–H groups in total. The Morgan fingerprint density at radius 2 is 2.50 bits per heavy atom. The molecule has 54 valence electrons. The highest BCUT2D eigenvalue weighted by Gasteiger charge is 2.08. The number of carbonyl (C=O) groups excluding carboxylic acids is 1. The van der Waals surface area contributed by atoms with Crippen molar-refractivity contribution in [2.45, 2.75) is 13.3 Å².